The van der Waals surface area contributed by atoms with Crippen LogP contribution in [0.3, 0.4) is 0 Å². The number of aromatic hydroxyl groups is 1. The molecule has 1 aromatic rings. The highest BCUT2D eigenvalue weighted by Gasteiger charge is 2.37. The Bertz CT molecular complexity index is 981. The average molecular weight is 582 g/mol. The molecule has 0 heterocycles. The van der Waals surface area contributed by atoms with Crippen molar-refractivity contribution in [3.63, 3.8) is 0 Å². The summed E-state index contributed by atoms with van der Waals surface area (Å²) >= 11 is 4.30. The van der Waals surface area contributed by atoms with Gasteiger partial charge in [-0.3, -0.25) is 14.4 Å². The molecule has 226 valence electrons. The van der Waals surface area contributed by atoms with Crippen LogP contribution in [0.25, 0.3) is 0 Å². The maximum Gasteiger partial charge on any atom is 0.408 e. The smallest absolute Gasteiger partial charge is 0.408 e. The number of benzene rings is 1. The van der Waals surface area contributed by atoms with E-state index >= 15 is 0 Å². The molecule has 0 aliphatic heterocycles. The lowest BCUT2D eigenvalue weighted by Gasteiger charge is -2.34. The summed E-state index contributed by atoms with van der Waals surface area (Å²) in [7, 11) is 0. The van der Waals surface area contributed by atoms with Crippen molar-refractivity contribution in [3.05, 3.63) is 29.3 Å². The molecule has 1 rings (SSSR count). The van der Waals surface area contributed by atoms with E-state index in [0.717, 1.165) is 25.7 Å². The van der Waals surface area contributed by atoms with Gasteiger partial charge in [0.05, 0.1) is 13.0 Å². The highest BCUT2D eigenvalue weighted by molar-refractivity contribution is 7.80. The number of nitrogens with zero attached hydrogens (tertiary/aromatic N) is 1. The van der Waals surface area contributed by atoms with Crippen molar-refractivity contribution in [1.82, 2.24) is 15.5 Å². The molecule has 2 atom stereocenters. The number of alkyl carbamates (subject to hydrolysis) is 1. The van der Waals surface area contributed by atoms with Gasteiger partial charge in [0.15, 0.2) is 0 Å². The van der Waals surface area contributed by atoms with E-state index < -0.39 is 41.6 Å². The molecule has 0 radical (unpaired) electrons. The molecule has 0 saturated carbocycles. The van der Waals surface area contributed by atoms with E-state index in [9.17, 15) is 24.3 Å². The summed E-state index contributed by atoms with van der Waals surface area (Å²) in [4.78, 5) is 53.3. The molecule has 11 heteroatoms. The molecule has 0 aliphatic rings. The number of para-hydroxylation sites is 1. The first-order valence-electron chi connectivity index (χ1n) is 14.0. The molecular formula is C29H47N3O7S. The van der Waals surface area contributed by atoms with Crippen molar-refractivity contribution in [3.8, 4) is 5.75 Å². The Morgan fingerprint density at radius 1 is 1.07 bits per heavy atom. The first kappa shape index (κ1) is 35.1. The van der Waals surface area contributed by atoms with Crippen LogP contribution in [-0.4, -0.2) is 71.0 Å². The second-order valence-corrected chi connectivity index (χ2v) is 11.0. The Hall–Kier alpha value is -2.95. The molecule has 2 unspecified atom stereocenters. The zero-order valence-corrected chi connectivity index (χ0v) is 25.6. The van der Waals surface area contributed by atoms with Crippen LogP contribution in [-0.2, 0) is 23.9 Å². The van der Waals surface area contributed by atoms with Gasteiger partial charge in [-0.1, -0.05) is 50.8 Å². The lowest BCUT2D eigenvalue weighted by atomic mass is 9.98. The fourth-order valence-corrected chi connectivity index (χ4v) is 4.31. The summed E-state index contributed by atoms with van der Waals surface area (Å²) in [6.45, 7) is 11.1. The molecule has 0 aromatic heterocycles. The van der Waals surface area contributed by atoms with Gasteiger partial charge in [-0.25, -0.2) is 4.79 Å². The van der Waals surface area contributed by atoms with E-state index in [1.807, 2.05) is 0 Å². The molecule has 0 bridgehead atoms. The maximum atomic E-state index is 13.9. The van der Waals surface area contributed by atoms with E-state index in [2.05, 4.69) is 30.2 Å². The van der Waals surface area contributed by atoms with Gasteiger partial charge in [-0.05, 0) is 46.6 Å². The van der Waals surface area contributed by atoms with Crippen LogP contribution in [0.5, 0.6) is 5.75 Å². The van der Waals surface area contributed by atoms with Crippen molar-refractivity contribution in [2.24, 2.45) is 0 Å². The summed E-state index contributed by atoms with van der Waals surface area (Å²) in [5.74, 6) is -1.72. The third-order valence-corrected chi connectivity index (χ3v) is 6.38. The summed E-state index contributed by atoms with van der Waals surface area (Å²) < 4.78 is 10.3. The van der Waals surface area contributed by atoms with Crippen LogP contribution in [0.4, 0.5) is 4.79 Å². The Balaban J connectivity index is 3.41. The summed E-state index contributed by atoms with van der Waals surface area (Å²) in [6, 6.07) is 2.68. The molecule has 0 spiro atoms. The highest BCUT2D eigenvalue weighted by atomic mass is 32.1. The van der Waals surface area contributed by atoms with Gasteiger partial charge in [0.1, 0.15) is 23.4 Å². The van der Waals surface area contributed by atoms with Gasteiger partial charge in [0.25, 0.3) is 0 Å². The largest absolute Gasteiger partial charge is 0.507 e. The van der Waals surface area contributed by atoms with Gasteiger partial charge in [0, 0.05) is 24.4 Å². The second kappa shape index (κ2) is 17.7. The number of esters is 1. The number of thiol groups is 1. The minimum absolute atomic E-state index is 0.00850. The molecule has 1 aromatic carbocycles. The number of carbonyl (C=O) groups is 4. The lowest BCUT2D eigenvalue weighted by Crippen LogP contribution is -2.54. The minimum atomic E-state index is -1.22. The Labute approximate surface area is 244 Å². The van der Waals surface area contributed by atoms with Crippen molar-refractivity contribution < 1.29 is 33.8 Å². The quantitative estimate of drug-likeness (QED) is 0.129. The maximum absolute atomic E-state index is 13.9. The zero-order valence-electron chi connectivity index (χ0n) is 24.7. The van der Waals surface area contributed by atoms with Crippen LogP contribution < -0.4 is 10.6 Å². The zero-order chi connectivity index (χ0) is 30.3. The fraction of sp³-hybridized carbons (Fsp3) is 0.655. The van der Waals surface area contributed by atoms with Crippen molar-refractivity contribution in [2.45, 2.75) is 97.8 Å². The minimum Gasteiger partial charge on any atom is -0.507 e. The Morgan fingerprint density at radius 2 is 1.75 bits per heavy atom. The SMILES string of the molecule is CCCCCCCN(C(=O)C(CS)NC(=O)OC(C)(C)C)C(C(=O)NCCC(=O)OCC)c1cccc(C)c1O. The van der Waals surface area contributed by atoms with E-state index in [-0.39, 0.29) is 43.2 Å². The number of amides is 3. The standard InChI is InChI=1S/C29H47N3O7S/c1-7-9-10-11-12-18-32(27(36)22(19-40)31-28(37)39-29(4,5)6)24(21-15-13-14-20(3)25(21)34)26(35)30-17-16-23(33)38-8-2/h13-15,22,24,34,40H,7-12,16-19H2,1-6H3,(H,30,35)(H,31,37). The Morgan fingerprint density at radius 3 is 2.35 bits per heavy atom. The van der Waals surface area contributed by atoms with Crippen molar-refractivity contribution >= 4 is 36.5 Å². The summed E-state index contributed by atoms with van der Waals surface area (Å²) in [5, 5.41) is 16.2. The molecule has 3 amide bonds. The second-order valence-electron chi connectivity index (χ2n) is 10.6. The van der Waals surface area contributed by atoms with Crippen LogP contribution >= 0.6 is 12.6 Å². The van der Waals surface area contributed by atoms with E-state index in [1.165, 1.54) is 4.90 Å². The molecule has 0 saturated heterocycles. The molecule has 40 heavy (non-hydrogen) atoms. The van der Waals surface area contributed by atoms with Crippen LogP contribution in [0.2, 0.25) is 0 Å². The van der Waals surface area contributed by atoms with Gasteiger partial charge in [0.2, 0.25) is 11.8 Å². The third kappa shape index (κ3) is 12.1. The predicted molar refractivity (Wildman–Crippen MR) is 157 cm³/mol. The third-order valence-electron chi connectivity index (χ3n) is 6.01. The number of aryl methyl sites for hydroxylation is 1. The molecule has 10 nitrogen and oxygen atoms in total. The van der Waals surface area contributed by atoms with Crippen LogP contribution in [0.15, 0.2) is 18.2 Å². The number of hydrogen-bond donors (Lipinski definition) is 4. The first-order chi connectivity index (χ1) is 18.9. The molecule has 0 aliphatic carbocycles. The number of carbonyl (C=O) groups excluding carboxylic acids is 4. The van der Waals surface area contributed by atoms with Gasteiger partial charge in [-0.15, -0.1) is 0 Å². The highest BCUT2D eigenvalue weighted by Crippen LogP contribution is 2.32. The predicted octanol–water partition coefficient (Wildman–Crippen LogP) is 4.43. The number of phenols is 1. The Kier molecular flexibility index (Phi) is 15.5. The summed E-state index contributed by atoms with van der Waals surface area (Å²) in [6.07, 6.45) is 3.68. The number of ether oxygens (including phenoxy) is 2. The average Bonchev–Trinajstić information content (AvgIpc) is 2.87. The molecule has 3 N–H and O–H groups in total. The van der Waals surface area contributed by atoms with E-state index in [0.29, 0.717) is 12.0 Å². The number of unbranched alkanes of at least 4 members (excludes halogenated alkanes) is 4. The lowest BCUT2D eigenvalue weighted by molar-refractivity contribution is -0.144. The number of rotatable bonds is 16. The topological polar surface area (TPSA) is 134 Å². The molecule has 0 fully saturated rings. The number of nitrogens with one attached hydrogen (secondary N) is 2. The fourth-order valence-electron chi connectivity index (χ4n) is 4.06. The van der Waals surface area contributed by atoms with Gasteiger partial charge < -0.3 is 30.1 Å². The van der Waals surface area contributed by atoms with Crippen molar-refractivity contribution in [2.75, 3.05) is 25.4 Å². The van der Waals surface area contributed by atoms with Crippen molar-refractivity contribution in [1.29, 1.82) is 0 Å². The first-order valence-corrected chi connectivity index (χ1v) is 14.6. The molecular weight excluding hydrogens is 534 g/mol. The van der Waals surface area contributed by atoms with Gasteiger partial charge in [-0.2, -0.15) is 12.6 Å². The van der Waals surface area contributed by atoms with Gasteiger partial charge >= 0.3 is 12.1 Å². The van der Waals surface area contributed by atoms with Crippen LogP contribution in [0.1, 0.15) is 90.3 Å². The monoisotopic (exact) mass is 581 g/mol. The van der Waals surface area contributed by atoms with E-state index in [4.69, 9.17) is 9.47 Å². The van der Waals surface area contributed by atoms with E-state index in [1.54, 1.807) is 52.8 Å². The number of hydrogen-bond acceptors (Lipinski definition) is 8. The number of phenolic OH excluding ortho intramolecular Hbond substituents is 1. The summed E-state index contributed by atoms with van der Waals surface area (Å²) in [5.41, 5.74) is 0.00241. The van der Waals surface area contributed by atoms with Crippen LogP contribution in [0, 0.1) is 6.92 Å². The normalized spacial score (nSPS) is 12.7.